The van der Waals surface area contributed by atoms with Crippen LogP contribution in [0.15, 0.2) is 0 Å². The number of hydrogen-bond acceptors (Lipinski definition) is 0. The van der Waals surface area contributed by atoms with Crippen molar-refractivity contribution >= 4 is 8.07 Å². The summed E-state index contributed by atoms with van der Waals surface area (Å²) in [6.45, 7) is 21.7. The quantitative estimate of drug-likeness (QED) is 0.269. The van der Waals surface area contributed by atoms with Gasteiger partial charge in [-0.3, -0.25) is 0 Å². The minimum atomic E-state index is -1.66. The molecule has 0 spiro atoms. The summed E-state index contributed by atoms with van der Waals surface area (Å²) < 4.78 is 0. The van der Waals surface area contributed by atoms with Crippen LogP contribution >= 0.6 is 0 Å². The summed E-state index contributed by atoms with van der Waals surface area (Å²) in [4.78, 5) is 0. The van der Waals surface area contributed by atoms with Crippen LogP contribution < -0.4 is 0 Å². The summed E-state index contributed by atoms with van der Waals surface area (Å²) in [7, 11) is -1.66. The summed E-state index contributed by atoms with van der Waals surface area (Å²) >= 11 is 0. The zero-order valence-electron chi connectivity index (χ0n) is 21.7. The maximum Gasteiger partial charge on any atom is 4.00 e. The summed E-state index contributed by atoms with van der Waals surface area (Å²) in [5.41, 5.74) is 3.32. The van der Waals surface area contributed by atoms with Crippen molar-refractivity contribution in [3.8, 4) is 0 Å². The molecule has 30 heavy (non-hydrogen) atoms. The molecule has 3 atom stereocenters. The Morgan fingerprint density at radius 1 is 0.867 bits per heavy atom. The number of rotatable bonds is 4. The Bertz CT molecular complexity index is 487. The Hall–Kier alpha value is 1.10. The monoisotopic (exact) mass is 500 g/mol. The molecule has 0 bridgehead atoms. The van der Waals surface area contributed by atoms with Crippen LogP contribution in [-0.4, -0.2) is 8.07 Å². The fraction of sp³-hybridized carbons (Fsp3) is 0.571. The van der Waals surface area contributed by atoms with Gasteiger partial charge < -0.3 is 14.9 Å². The first-order chi connectivity index (χ1) is 12.6. The third-order valence-electron chi connectivity index (χ3n) is 8.01. The molecule has 3 aliphatic rings. The molecule has 0 amide bonds. The van der Waals surface area contributed by atoms with Gasteiger partial charge in [0.1, 0.15) is 0 Å². The fourth-order valence-electron chi connectivity index (χ4n) is 5.97. The van der Waals surface area contributed by atoms with E-state index in [1.807, 2.05) is 0 Å². The molecule has 164 valence electrons. The van der Waals surface area contributed by atoms with Crippen LogP contribution in [-0.2, 0) is 26.2 Å². The van der Waals surface area contributed by atoms with E-state index in [4.69, 9.17) is 0 Å². The maximum absolute atomic E-state index is 2.61. The van der Waals surface area contributed by atoms with Gasteiger partial charge in [0.15, 0.2) is 0 Å². The van der Waals surface area contributed by atoms with E-state index in [0.717, 1.165) is 23.7 Å². The summed E-state index contributed by atoms with van der Waals surface area (Å²) in [6, 6.07) is 0. The molecule has 0 aliphatic heterocycles. The van der Waals surface area contributed by atoms with Gasteiger partial charge in [0.05, 0.1) is 8.07 Å². The molecule has 10 radical (unpaired) electrons. The predicted molar refractivity (Wildman–Crippen MR) is 133 cm³/mol. The van der Waals surface area contributed by atoms with Crippen molar-refractivity contribution in [2.45, 2.75) is 80.8 Å². The van der Waals surface area contributed by atoms with E-state index in [1.54, 1.807) is 28.8 Å². The van der Waals surface area contributed by atoms with Crippen LogP contribution in [0.5, 0.6) is 0 Å². The Balaban J connectivity index is 0.00000280. The molecule has 0 aromatic carbocycles. The third-order valence-corrected chi connectivity index (χ3v) is 11.8. The molecule has 0 unspecified atom stereocenters. The van der Waals surface area contributed by atoms with Crippen molar-refractivity contribution in [3.63, 3.8) is 0 Å². The largest absolute Gasteiger partial charge is 4.00 e. The molecular formula is C28H46SiZr+2. The topological polar surface area (TPSA) is 0 Å². The van der Waals surface area contributed by atoms with Crippen LogP contribution in [0.25, 0.3) is 0 Å². The number of hydrogen-bond donors (Lipinski definition) is 0. The second-order valence-electron chi connectivity index (χ2n) is 10.4. The fourth-order valence-corrected chi connectivity index (χ4v) is 9.53. The Kier molecular flexibility index (Phi) is 12.4. The molecule has 0 nitrogen and oxygen atoms in total. The van der Waals surface area contributed by atoms with Crippen LogP contribution in [0.2, 0.25) is 13.1 Å². The summed E-state index contributed by atoms with van der Waals surface area (Å²) in [5, 5.41) is 0. The standard InChI is InChI=1S/C26H40Si.2CH3.Zr/c1-16(2)24-13-10-17(3)14-25(24)22-11-12-23(15-22)27(8,9)26-20(6)18(4)19(5)21(26)7;;;/h11-12,15-17,24-25H,10,13-14H2,1-9H3;2*1H3;/q;2*-1;+4/t17-,24+,25-;;;/m1.../s1. The molecule has 3 rings (SSSR count). The minimum Gasteiger partial charge on any atom is -0.358 e. The smallest absolute Gasteiger partial charge is 0.358 e. The van der Waals surface area contributed by atoms with Crippen molar-refractivity contribution in [2.75, 3.05) is 0 Å². The van der Waals surface area contributed by atoms with Crippen molar-refractivity contribution < 1.29 is 26.2 Å². The SMILES string of the molecule is C[C]1[C](C)[C](C)[C]([Si](C)(C)[C]2[CH][CH][C]([C@H]3C[C@H](C)CC[C@H]3C(C)C)[CH]2)[C]1C.[CH3-].[CH3-].[Zr+4]. The average Bonchev–Trinajstić information content (AvgIpc) is 3.16. The van der Waals surface area contributed by atoms with E-state index in [0.29, 0.717) is 0 Å². The molecule has 0 heterocycles. The van der Waals surface area contributed by atoms with Gasteiger partial charge >= 0.3 is 26.2 Å². The normalized spacial score (nSPS) is 31.6. The molecule has 0 N–H and O–H groups in total. The predicted octanol–water partition coefficient (Wildman–Crippen LogP) is 8.12. The second kappa shape index (κ2) is 12.0. The van der Waals surface area contributed by atoms with Crippen molar-refractivity contribution in [3.05, 3.63) is 74.8 Å². The minimum absolute atomic E-state index is 0. The molecule has 2 heteroatoms. The van der Waals surface area contributed by atoms with Gasteiger partial charge in [0.2, 0.25) is 0 Å². The van der Waals surface area contributed by atoms with E-state index >= 15 is 0 Å². The van der Waals surface area contributed by atoms with E-state index in [1.165, 1.54) is 31.1 Å². The summed E-state index contributed by atoms with van der Waals surface area (Å²) in [5.74, 6) is 11.0. The van der Waals surface area contributed by atoms with Gasteiger partial charge in [-0.05, 0) is 96.4 Å². The van der Waals surface area contributed by atoms with Gasteiger partial charge in [0.25, 0.3) is 0 Å². The van der Waals surface area contributed by atoms with Crippen LogP contribution in [0.3, 0.4) is 0 Å². The van der Waals surface area contributed by atoms with Crippen LogP contribution in [0.1, 0.15) is 67.7 Å². The average molecular weight is 502 g/mol. The summed E-state index contributed by atoms with van der Waals surface area (Å²) in [6.07, 6.45) is 11.8. The van der Waals surface area contributed by atoms with E-state index in [-0.39, 0.29) is 41.1 Å². The first-order valence-corrected chi connectivity index (χ1v) is 14.1. The van der Waals surface area contributed by atoms with E-state index < -0.39 is 8.07 Å². The molecule has 3 aliphatic carbocycles. The van der Waals surface area contributed by atoms with Crippen molar-refractivity contribution in [1.29, 1.82) is 0 Å². The maximum atomic E-state index is 2.61. The van der Waals surface area contributed by atoms with Crippen LogP contribution in [0.4, 0.5) is 0 Å². The first-order valence-electron chi connectivity index (χ1n) is 11.1. The third kappa shape index (κ3) is 5.77. The van der Waals surface area contributed by atoms with Crippen LogP contribution in [0, 0.1) is 98.5 Å². The van der Waals surface area contributed by atoms with Crippen molar-refractivity contribution in [2.24, 2.45) is 23.7 Å². The molecule has 0 aromatic rings. The molecule has 0 saturated heterocycles. The van der Waals surface area contributed by atoms with Gasteiger partial charge in [-0.2, -0.15) is 0 Å². The van der Waals surface area contributed by atoms with Gasteiger partial charge in [-0.25, -0.2) is 0 Å². The zero-order valence-corrected chi connectivity index (χ0v) is 25.1. The van der Waals surface area contributed by atoms with E-state index in [9.17, 15) is 0 Å². The Morgan fingerprint density at radius 2 is 1.40 bits per heavy atom. The molecular weight excluding hydrogens is 456 g/mol. The molecule has 3 fully saturated rings. The molecule has 0 aromatic heterocycles. The Labute approximate surface area is 212 Å². The Morgan fingerprint density at radius 3 is 1.90 bits per heavy atom. The van der Waals surface area contributed by atoms with Gasteiger partial charge in [-0.1, -0.05) is 68.0 Å². The van der Waals surface area contributed by atoms with Crippen molar-refractivity contribution in [1.82, 2.24) is 0 Å². The second-order valence-corrected chi connectivity index (χ2v) is 14.7. The van der Waals surface area contributed by atoms with Gasteiger partial charge in [-0.15, -0.1) is 0 Å². The van der Waals surface area contributed by atoms with E-state index in [2.05, 4.69) is 80.8 Å². The molecule has 3 saturated carbocycles. The van der Waals surface area contributed by atoms with Gasteiger partial charge in [0, 0.05) is 0 Å². The first kappa shape index (κ1) is 31.1. The zero-order chi connectivity index (χ0) is 20.1.